The minimum atomic E-state index is -0.653. The lowest BCUT2D eigenvalue weighted by Gasteiger charge is -2.11. The Morgan fingerprint density at radius 2 is 1.74 bits per heavy atom. The van der Waals surface area contributed by atoms with Crippen molar-refractivity contribution in [2.75, 3.05) is 5.32 Å². The van der Waals surface area contributed by atoms with Crippen molar-refractivity contribution in [3.05, 3.63) is 53.8 Å². The van der Waals surface area contributed by atoms with E-state index in [-0.39, 0.29) is 0 Å². The zero-order chi connectivity index (χ0) is 13.7. The lowest BCUT2D eigenvalue weighted by Crippen LogP contribution is -2.35. The Morgan fingerprint density at radius 1 is 1.05 bits per heavy atom. The molecule has 0 bridgehead atoms. The van der Waals surface area contributed by atoms with E-state index in [0.717, 1.165) is 24.1 Å². The van der Waals surface area contributed by atoms with Crippen LogP contribution in [0.25, 0.3) is 0 Å². The van der Waals surface area contributed by atoms with E-state index in [4.69, 9.17) is 0 Å². The smallest absolute Gasteiger partial charge is 0.314 e. The van der Waals surface area contributed by atoms with Crippen molar-refractivity contribution in [2.45, 2.75) is 19.8 Å². The Balaban J connectivity index is 1.92. The van der Waals surface area contributed by atoms with Crippen LogP contribution in [0.4, 0.5) is 5.69 Å². The minimum Gasteiger partial charge on any atom is -0.321 e. The molecule has 1 aromatic rings. The highest BCUT2D eigenvalue weighted by atomic mass is 16.2. The Hall–Kier alpha value is -2.36. The van der Waals surface area contributed by atoms with E-state index in [9.17, 15) is 9.59 Å². The number of allylic oxidation sites excluding steroid dienone is 4. The molecule has 0 radical (unpaired) electrons. The summed E-state index contributed by atoms with van der Waals surface area (Å²) in [6.07, 6.45) is 7.32. The van der Waals surface area contributed by atoms with Crippen molar-refractivity contribution in [3.63, 3.8) is 0 Å². The number of aryl methyl sites for hydroxylation is 1. The van der Waals surface area contributed by atoms with Gasteiger partial charge in [-0.3, -0.25) is 9.59 Å². The molecule has 1 aromatic carbocycles. The van der Waals surface area contributed by atoms with Crippen LogP contribution in [0.15, 0.2) is 48.2 Å². The van der Waals surface area contributed by atoms with E-state index in [2.05, 4.69) is 10.6 Å². The molecule has 2 N–H and O–H groups in total. The quantitative estimate of drug-likeness (QED) is 0.798. The van der Waals surface area contributed by atoms with Crippen molar-refractivity contribution in [3.8, 4) is 0 Å². The van der Waals surface area contributed by atoms with Gasteiger partial charge in [-0.1, -0.05) is 29.8 Å². The van der Waals surface area contributed by atoms with E-state index in [1.807, 2.05) is 31.2 Å². The summed E-state index contributed by atoms with van der Waals surface area (Å²) in [4.78, 5) is 23.4. The van der Waals surface area contributed by atoms with Crippen LogP contribution in [0.5, 0.6) is 0 Å². The molecule has 0 spiro atoms. The highest BCUT2D eigenvalue weighted by Crippen LogP contribution is 2.10. The molecule has 0 heterocycles. The number of nitrogens with one attached hydrogen (secondary N) is 2. The fraction of sp³-hybridized carbons (Fsp3) is 0.200. The third-order valence-electron chi connectivity index (χ3n) is 2.80. The third kappa shape index (κ3) is 3.81. The first-order valence-electron chi connectivity index (χ1n) is 6.20. The molecule has 0 saturated heterocycles. The largest absolute Gasteiger partial charge is 0.321 e. The van der Waals surface area contributed by atoms with E-state index >= 15 is 0 Å². The van der Waals surface area contributed by atoms with Gasteiger partial charge in [0.15, 0.2) is 0 Å². The van der Waals surface area contributed by atoms with Crippen LogP contribution >= 0.6 is 0 Å². The second-order valence-electron chi connectivity index (χ2n) is 4.43. The van der Waals surface area contributed by atoms with Crippen LogP contribution in [-0.4, -0.2) is 11.8 Å². The second kappa shape index (κ2) is 6.00. The predicted molar refractivity (Wildman–Crippen MR) is 74.4 cm³/mol. The van der Waals surface area contributed by atoms with Crippen molar-refractivity contribution in [1.82, 2.24) is 5.32 Å². The molecule has 19 heavy (non-hydrogen) atoms. The summed E-state index contributed by atoms with van der Waals surface area (Å²) in [5, 5.41) is 5.17. The molecule has 0 aliphatic heterocycles. The number of hydrogen-bond donors (Lipinski definition) is 2. The summed E-state index contributed by atoms with van der Waals surface area (Å²) >= 11 is 0. The van der Waals surface area contributed by atoms with Crippen LogP contribution in [0.2, 0.25) is 0 Å². The number of rotatable bonds is 2. The van der Waals surface area contributed by atoms with Gasteiger partial charge < -0.3 is 10.6 Å². The average Bonchev–Trinajstić information content (AvgIpc) is 2.42. The van der Waals surface area contributed by atoms with Gasteiger partial charge in [-0.2, -0.15) is 0 Å². The van der Waals surface area contributed by atoms with Gasteiger partial charge in [-0.25, -0.2) is 0 Å². The average molecular weight is 256 g/mol. The number of anilines is 1. The molecule has 0 unspecified atom stereocenters. The molecule has 0 aromatic heterocycles. The number of benzene rings is 1. The molecule has 4 nitrogen and oxygen atoms in total. The van der Waals surface area contributed by atoms with Gasteiger partial charge in [0.25, 0.3) is 0 Å². The highest BCUT2D eigenvalue weighted by molar-refractivity contribution is 6.40. The SMILES string of the molecule is Cc1ccc(NC(=O)C(=O)NC2=CC=CCC2)cc1. The van der Waals surface area contributed by atoms with Gasteiger partial charge in [0, 0.05) is 11.4 Å². The number of amides is 2. The molecule has 0 atom stereocenters. The van der Waals surface area contributed by atoms with E-state index in [1.165, 1.54) is 0 Å². The molecule has 4 heteroatoms. The molecule has 1 aliphatic carbocycles. The molecule has 98 valence electrons. The lowest BCUT2D eigenvalue weighted by atomic mass is 10.1. The van der Waals surface area contributed by atoms with Crippen LogP contribution in [0, 0.1) is 6.92 Å². The maximum Gasteiger partial charge on any atom is 0.314 e. The molecule has 0 saturated carbocycles. The van der Waals surface area contributed by atoms with Gasteiger partial charge >= 0.3 is 11.8 Å². The van der Waals surface area contributed by atoms with Gasteiger partial charge in [0.2, 0.25) is 0 Å². The summed E-state index contributed by atoms with van der Waals surface area (Å²) in [7, 11) is 0. The first kappa shape index (κ1) is 13.1. The standard InChI is InChI=1S/C15H16N2O2/c1-11-7-9-13(10-8-11)17-15(19)14(18)16-12-5-3-2-4-6-12/h2-3,5,7-10H,4,6H2,1H3,(H,16,18)(H,17,19). The molecular weight excluding hydrogens is 240 g/mol. The Bertz CT molecular complexity index is 542. The van der Waals surface area contributed by atoms with Crippen molar-refractivity contribution in [1.29, 1.82) is 0 Å². The number of carbonyl (C=O) groups is 2. The topological polar surface area (TPSA) is 58.2 Å². The summed E-state index contributed by atoms with van der Waals surface area (Å²) in [6, 6.07) is 7.29. The molecule has 2 rings (SSSR count). The normalized spacial score (nSPS) is 13.6. The van der Waals surface area contributed by atoms with Crippen LogP contribution in [0.1, 0.15) is 18.4 Å². The first-order chi connectivity index (χ1) is 9.15. The van der Waals surface area contributed by atoms with E-state index in [1.54, 1.807) is 18.2 Å². The van der Waals surface area contributed by atoms with Crippen LogP contribution < -0.4 is 10.6 Å². The van der Waals surface area contributed by atoms with Crippen molar-refractivity contribution < 1.29 is 9.59 Å². The van der Waals surface area contributed by atoms with Crippen LogP contribution in [-0.2, 0) is 9.59 Å². The summed E-state index contributed by atoms with van der Waals surface area (Å²) in [5.74, 6) is -1.29. The maximum absolute atomic E-state index is 11.7. The number of hydrogen-bond acceptors (Lipinski definition) is 2. The van der Waals surface area contributed by atoms with Gasteiger partial charge in [0.1, 0.15) is 0 Å². The molecule has 0 fully saturated rings. The van der Waals surface area contributed by atoms with E-state index in [0.29, 0.717) is 5.69 Å². The van der Waals surface area contributed by atoms with Crippen LogP contribution in [0.3, 0.4) is 0 Å². The second-order valence-corrected chi connectivity index (χ2v) is 4.43. The monoisotopic (exact) mass is 256 g/mol. The Labute approximate surface area is 112 Å². The van der Waals surface area contributed by atoms with Crippen molar-refractivity contribution >= 4 is 17.5 Å². The fourth-order valence-electron chi connectivity index (χ4n) is 1.73. The molecular formula is C15H16N2O2. The zero-order valence-corrected chi connectivity index (χ0v) is 10.8. The maximum atomic E-state index is 11.7. The summed E-state index contributed by atoms with van der Waals surface area (Å²) < 4.78 is 0. The van der Waals surface area contributed by atoms with Gasteiger partial charge in [-0.15, -0.1) is 0 Å². The summed E-state index contributed by atoms with van der Waals surface area (Å²) in [5.41, 5.74) is 2.48. The minimum absolute atomic E-state index is 0.614. The van der Waals surface area contributed by atoms with Crippen molar-refractivity contribution in [2.24, 2.45) is 0 Å². The van der Waals surface area contributed by atoms with E-state index < -0.39 is 11.8 Å². The Kier molecular flexibility index (Phi) is 4.13. The van der Waals surface area contributed by atoms with Gasteiger partial charge in [0.05, 0.1) is 0 Å². The first-order valence-corrected chi connectivity index (χ1v) is 6.20. The number of carbonyl (C=O) groups excluding carboxylic acids is 2. The zero-order valence-electron chi connectivity index (χ0n) is 10.8. The summed E-state index contributed by atoms with van der Waals surface area (Å²) in [6.45, 7) is 1.96. The molecule has 2 amide bonds. The highest BCUT2D eigenvalue weighted by Gasteiger charge is 2.15. The van der Waals surface area contributed by atoms with Gasteiger partial charge in [-0.05, 0) is 38.0 Å². The lowest BCUT2D eigenvalue weighted by molar-refractivity contribution is -0.135. The Morgan fingerprint density at radius 3 is 2.37 bits per heavy atom. The third-order valence-corrected chi connectivity index (χ3v) is 2.80. The molecule has 1 aliphatic rings. The fourth-order valence-corrected chi connectivity index (χ4v) is 1.73. The predicted octanol–water partition coefficient (Wildman–Crippen LogP) is 2.28.